The molecule has 1 saturated heterocycles. The van der Waals surface area contributed by atoms with E-state index in [1.807, 2.05) is 6.07 Å². The molecule has 2 N–H and O–H groups in total. The first-order valence-corrected chi connectivity index (χ1v) is 9.70. The number of nitrogens with one attached hydrogen (secondary N) is 1. The lowest BCUT2D eigenvalue weighted by Gasteiger charge is -2.36. The topological polar surface area (TPSA) is 88.1 Å². The Balaban J connectivity index is 1.53. The second kappa shape index (κ2) is 7.75. The molecule has 4 rings (SSSR count). The SMILES string of the molecule is CC1(CNC(=O)c2ccccc2)CC(=O)c2c(O)cc(N3CCOCC3)cc2O1. The van der Waals surface area contributed by atoms with Crippen LogP contribution in [0.3, 0.4) is 0 Å². The van der Waals surface area contributed by atoms with Gasteiger partial charge in [0.2, 0.25) is 0 Å². The van der Waals surface area contributed by atoms with Crippen LogP contribution in [0, 0.1) is 0 Å². The Bertz CT molecular complexity index is 924. The summed E-state index contributed by atoms with van der Waals surface area (Å²) in [6, 6.07) is 12.3. The zero-order valence-corrected chi connectivity index (χ0v) is 16.3. The molecule has 2 aromatic rings. The van der Waals surface area contributed by atoms with Gasteiger partial charge in [-0.1, -0.05) is 18.2 Å². The van der Waals surface area contributed by atoms with Crippen LogP contribution in [-0.4, -0.2) is 55.2 Å². The summed E-state index contributed by atoms with van der Waals surface area (Å²) in [6.07, 6.45) is 0.0690. The van der Waals surface area contributed by atoms with Crippen LogP contribution in [0.4, 0.5) is 5.69 Å². The summed E-state index contributed by atoms with van der Waals surface area (Å²) >= 11 is 0. The number of anilines is 1. The predicted octanol–water partition coefficient (Wildman–Crippen LogP) is 2.38. The second-order valence-electron chi connectivity index (χ2n) is 7.64. The van der Waals surface area contributed by atoms with Crippen LogP contribution in [0.5, 0.6) is 11.5 Å². The third-order valence-electron chi connectivity index (χ3n) is 5.27. The summed E-state index contributed by atoms with van der Waals surface area (Å²) in [5, 5.41) is 13.3. The van der Waals surface area contributed by atoms with Gasteiger partial charge in [-0.15, -0.1) is 0 Å². The van der Waals surface area contributed by atoms with Crippen LogP contribution in [0.25, 0.3) is 0 Å². The molecule has 2 aromatic carbocycles. The summed E-state index contributed by atoms with van der Waals surface area (Å²) in [5.41, 5.74) is 0.639. The van der Waals surface area contributed by atoms with Gasteiger partial charge in [0.25, 0.3) is 5.91 Å². The zero-order valence-electron chi connectivity index (χ0n) is 16.3. The minimum absolute atomic E-state index is 0.0690. The van der Waals surface area contributed by atoms with E-state index in [1.54, 1.807) is 43.3 Å². The van der Waals surface area contributed by atoms with Crippen LogP contribution in [0.2, 0.25) is 0 Å². The van der Waals surface area contributed by atoms with E-state index < -0.39 is 5.60 Å². The molecule has 0 spiro atoms. The smallest absolute Gasteiger partial charge is 0.251 e. The number of amides is 1. The number of carbonyl (C=O) groups excluding carboxylic acids is 2. The van der Waals surface area contributed by atoms with Gasteiger partial charge in [0, 0.05) is 36.5 Å². The zero-order chi connectivity index (χ0) is 20.4. The average Bonchev–Trinajstić information content (AvgIpc) is 2.72. The highest BCUT2D eigenvalue weighted by atomic mass is 16.5. The molecule has 1 unspecified atom stereocenters. The molecule has 1 atom stereocenters. The fourth-order valence-electron chi connectivity index (χ4n) is 3.74. The highest BCUT2D eigenvalue weighted by Crippen LogP contribution is 2.41. The van der Waals surface area contributed by atoms with Gasteiger partial charge in [-0.25, -0.2) is 0 Å². The van der Waals surface area contributed by atoms with Crippen molar-refractivity contribution in [1.29, 1.82) is 0 Å². The third kappa shape index (κ3) is 4.05. The number of phenolic OH excluding ortho intramolecular Hbond substituents is 1. The van der Waals surface area contributed by atoms with Gasteiger partial charge in [-0.2, -0.15) is 0 Å². The minimum atomic E-state index is -0.898. The number of phenols is 1. The Kier molecular flexibility index (Phi) is 5.15. The number of nitrogens with zero attached hydrogens (tertiary/aromatic N) is 1. The van der Waals surface area contributed by atoms with E-state index in [1.165, 1.54) is 0 Å². The van der Waals surface area contributed by atoms with Gasteiger partial charge in [-0.3, -0.25) is 9.59 Å². The highest BCUT2D eigenvalue weighted by molar-refractivity contribution is 6.03. The quantitative estimate of drug-likeness (QED) is 0.825. The largest absolute Gasteiger partial charge is 0.507 e. The van der Waals surface area contributed by atoms with E-state index in [2.05, 4.69) is 10.2 Å². The number of Topliss-reactive ketones (excluding diaryl/α,β-unsaturated/α-hetero) is 1. The first-order valence-electron chi connectivity index (χ1n) is 9.70. The first kappa shape index (κ1) is 19.3. The number of rotatable bonds is 4. The molecular formula is C22H24N2O5. The van der Waals surface area contributed by atoms with Crippen molar-refractivity contribution < 1.29 is 24.2 Å². The van der Waals surface area contributed by atoms with Crippen LogP contribution in [0.1, 0.15) is 34.1 Å². The van der Waals surface area contributed by atoms with Crippen molar-refractivity contribution in [2.45, 2.75) is 18.9 Å². The van der Waals surface area contributed by atoms with Gasteiger partial charge in [0.15, 0.2) is 5.78 Å². The Hall–Kier alpha value is -3.06. The summed E-state index contributed by atoms with van der Waals surface area (Å²) in [4.78, 5) is 27.2. The van der Waals surface area contributed by atoms with Crippen molar-refractivity contribution >= 4 is 17.4 Å². The standard InChI is InChI=1S/C22H24N2O5/c1-22(14-23-21(27)15-5-3-2-4-6-15)13-18(26)20-17(25)11-16(12-19(20)29-22)24-7-9-28-10-8-24/h2-6,11-12,25H,7-10,13-14H2,1H3,(H,23,27). The summed E-state index contributed by atoms with van der Waals surface area (Å²) in [7, 11) is 0. The van der Waals surface area contributed by atoms with Crippen molar-refractivity contribution in [2.24, 2.45) is 0 Å². The Morgan fingerprint density at radius 3 is 2.66 bits per heavy atom. The van der Waals surface area contributed by atoms with Crippen LogP contribution in [0.15, 0.2) is 42.5 Å². The van der Waals surface area contributed by atoms with E-state index in [-0.39, 0.29) is 36.0 Å². The maximum absolute atomic E-state index is 12.7. The highest BCUT2D eigenvalue weighted by Gasteiger charge is 2.39. The molecule has 152 valence electrons. The third-order valence-corrected chi connectivity index (χ3v) is 5.27. The van der Waals surface area contributed by atoms with Crippen molar-refractivity contribution in [2.75, 3.05) is 37.7 Å². The van der Waals surface area contributed by atoms with Crippen LogP contribution < -0.4 is 15.0 Å². The van der Waals surface area contributed by atoms with E-state index >= 15 is 0 Å². The van der Waals surface area contributed by atoms with Crippen molar-refractivity contribution in [3.63, 3.8) is 0 Å². The second-order valence-corrected chi connectivity index (χ2v) is 7.64. The number of hydrogen-bond acceptors (Lipinski definition) is 6. The molecule has 2 aliphatic heterocycles. The summed E-state index contributed by atoms with van der Waals surface area (Å²) < 4.78 is 11.5. The van der Waals surface area contributed by atoms with Crippen molar-refractivity contribution in [3.05, 3.63) is 53.6 Å². The number of ether oxygens (including phenoxy) is 2. The van der Waals surface area contributed by atoms with Crippen molar-refractivity contribution in [3.8, 4) is 11.5 Å². The lowest BCUT2D eigenvalue weighted by Crippen LogP contribution is -2.48. The van der Waals surface area contributed by atoms with Gasteiger partial charge in [-0.05, 0) is 19.1 Å². The lowest BCUT2D eigenvalue weighted by atomic mass is 9.90. The Labute approximate surface area is 169 Å². The number of aromatic hydroxyl groups is 1. The molecule has 7 nitrogen and oxygen atoms in total. The van der Waals surface area contributed by atoms with E-state index in [0.717, 1.165) is 5.69 Å². The molecule has 0 aliphatic carbocycles. The molecular weight excluding hydrogens is 372 g/mol. The van der Waals surface area contributed by atoms with Gasteiger partial charge >= 0.3 is 0 Å². The lowest BCUT2D eigenvalue weighted by molar-refractivity contribution is 0.0492. The fraction of sp³-hybridized carbons (Fsp3) is 0.364. The maximum Gasteiger partial charge on any atom is 0.251 e. The molecule has 0 bridgehead atoms. The number of ketones is 1. The molecule has 2 aliphatic rings. The number of fused-ring (bicyclic) bond motifs is 1. The number of morpholine rings is 1. The van der Waals surface area contributed by atoms with E-state index in [0.29, 0.717) is 37.6 Å². The number of benzene rings is 2. The van der Waals surface area contributed by atoms with Gasteiger partial charge in [0.1, 0.15) is 22.7 Å². The minimum Gasteiger partial charge on any atom is -0.507 e. The van der Waals surface area contributed by atoms with Crippen LogP contribution >= 0.6 is 0 Å². The molecule has 1 fully saturated rings. The van der Waals surface area contributed by atoms with Gasteiger partial charge in [0.05, 0.1) is 26.2 Å². The number of carbonyl (C=O) groups is 2. The van der Waals surface area contributed by atoms with Crippen molar-refractivity contribution in [1.82, 2.24) is 5.32 Å². The molecule has 29 heavy (non-hydrogen) atoms. The summed E-state index contributed by atoms with van der Waals surface area (Å²) in [5.74, 6) is -0.157. The Morgan fingerprint density at radius 1 is 1.21 bits per heavy atom. The average molecular weight is 396 g/mol. The molecule has 1 amide bonds. The van der Waals surface area contributed by atoms with E-state index in [9.17, 15) is 14.7 Å². The molecule has 0 saturated carbocycles. The monoisotopic (exact) mass is 396 g/mol. The first-order chi connectivity index (χ1) is 14.0. The number of hydrogen-bond donors (Lipinski definition) is 2. The fourth-order valence-corrected chi connectivity index (χ4v) is 3.74. The van der Waals surface area contributed by atoms with Gasteiger partial charge < -0.3 is 24.8 Å². The normalized spacial score (nSPS) is 21.3. The maximum atomic E-state index is 12.7. The van der Waals surface area contributed by atoms with Crippen LogP contribution in [-0.2, 0) is 4.74 Å². The predicted molar refractivity (Wildman–Crippen MR) is 108 cm³/mol. The summed E-state index contributed by atoms with van der Waals surface area (Å²) in [6.45, 7) is 4.60. The molecule has 7 heteroatoms. The van der Waals surface area contributed by atoms with E-state index in [4.69, 9.17) is 9.47 Å². The Morgan fingerprint density at radius 2 is 1.93 bits per heavy atom. The molecule has 0 aromatic heterocycles. The molecule has 0 radical (unpaired) electrons. The molecule has 2 heterocycles.